The highest BCUT2D eigenvalue weighted by Gasteiger charge is 2.14. The fourth-order valence-electron chi connectivity index (χ4n) is 3.45. The fourth-order valence-corrected chi connectivity index (χ4v) is 4.35. The number of H-pyrrole nitrogens is 1. The molecule has 5 nitrogen and oxygen atoms in total. The van der Waals surface area contributed by atoms with E-state index < -0.39 is 0 Å². The first-order valence-electron chi connectivity index (χ1n) is 9.34. The normalized spacial score (nSPS) is 11.3. The third-order valence-corrected chi connectivity index (χ3v) is 5.74. The molecule has 1 N–H and O–H groups in total. The maximum Gasteiger partial charge on any atom is 0.258 e. The van der Waals surface area contributed by atoms with Crippen LogP contribution in [0.2, 0.25) is 0 Å². The number of para-hydroxylation sites is 3. The third-order valence-electron chi connectivity index (χ3n) is 4.79. The number of benzene rings is 3. The van der Waals surface area contributed by atoms with Gasteiger partial charge in [0.2, 0.25) is 0 Å². The molecular weight excluding hydrogens is 380 g/mol. The van der Waals surface area contributed by atoms with E-state index in [4.69, 9.17) is 4.98 Å². The van der Waals surface area contributed by atoms with Gasteiger partial charge >= 0.3 is 0 Å². The average molecular weight is 398 g/mol. The molecule has 5 rings (SSSR count). The third kappa shape index (κ3) is 3.32. The van der Waals surface area contributed by atoms with E-state index in [0.717, 1.165) is 21.9 Å². The van der Waals surface area contributed by atoms with Gasteiger partial charge in [0.05, 0.1) is 27.7 Å². The number of hydrogen-bond donors (Lipinski definition) is 1. The number of hydrogen-bond acceptors (Lipinski definition) is 4. The van der Waals surface area contributed by atoms with Crippen molar-refractivity contribution in [3.8, 4) is 5.69 Å². The molecule has 0 aliphatic carbocycles. The highest BCUT2D eigenvalue weighted by molar-refractivity contribution is 7.98. The van der Waals surface area contributed by atoms with E-state index in [9.17, 15) is 4.79 Å². The van der Waals surface area contributed by atoms with Crippen LogP contribution in [0, 0.1) is 6.92 Å². The first-order valence-corrected chi connectivity index (χ1v) is 10.3. The van der Waals surface area contributed by atoms with E-state index in [-0.39, 0.29) is 5.56 Å². The molecule has 6 heteroatoms. The van der Waals surface area contributed by atoms with Gasteiger partial charge in [-0.15, -0.1) is 0 Å². The lowest BCUT2D eigenvalue weighted by atomic mass is 10.2. The van der Waals surface area contributed by atoms with Crippen molar-refractivity contribution in [1.82, 2.24) is 19.5 Å². The Morgan fingerprint density at radius 2 is 1.72 bits per heavy atom. The van der Waals surface area contributed by atoms with Gasteiger partial charge in [-0.3, -0.25) is 9.36 Å². The number of aryl methyl sites for hydroxylation is 1. The first-order chi connectivity index (χ1) is 14.2. The molecule has 0 aliphatic heterocycles. The van der Waals surface area contributed by atoms with Crippen LogP contribution in [-0.4, -0.2) is 19.5 Å². The molecule has 3 aromatic carbocycles. The summed E-state index contributed by atoms with van der Waals surface area (Å²) in [5.41, 5.74) is 4.85. The van der Waals surface area contributed by atoms with Crippen molar-refractivity contribution in [1.29, 1.82) is 0 Å². The second kappa shape index (κ2) is 7.22. The quantitative estimate of drug-likeness (QED) is 0.439. The summed E-state index contributed by atoms with van der Waals surface area (Å²) in [5.74, 6) is 1.16. The van der Waals surface area contributed by atoms with Crippen LogP contribution in [-0.2, 0) is 5.75 Å². The largest absolute Gasteiger partial charge is 0.309 e. The average Bonchev–Trinajstić information content (AvgIpc) is 3.11. The van der Waals surface area contributed by atoms with Crippen LogP contribution < -0.4 is 5.56 Å². The minimum atomic E-state index is -0.113. The Labute approximate surface area is 171 Å². The summed E-state index contributed by atoms with van der Waals surface area (Å²) in [6.45, 7) is 2.08. The Kier molecular flexibility index (Phi) is 4.41. The summed E-state index contributed by atoms with van der Waals surface area (Å²) in [7, 11) is 0. The monoisotopic (exact) mass is 398 g/mol. The Balaban J connectivity index is 1.56. The van der Waals surface area contributed by atoms with E-state index in [0.29, 0.717) is 22.5 Å². The highest BCUT2D eigenvalue weighted by atomic mass is 32.2. The number of aromatic amines is 1. The van der Waals surface area contributed by atoms with Gasteiger partial charge in [-0.25, -0.2) is 9.97 Å². The van der Waals surface area contributed by atoms with E-state index >= 15 is 0 Å². The number of imidazole rings is 1. The Bertz CT molecular complexity index is 1400. The van der Waals surface area contributed by atoms with Gasteiger partial charge in [-0.1, -0.05) is 48.2 Å². The highest BCUT2D eigenvalue weighted by Crippen LogP contribution is 2.29. The second-order valence-corrected chi connectivity index (χ2v) is 7.82. The Hall–Kier alpha value is -3.38. The molecule has 5 aromatic rings. The van der Waals surface area contributed by atoms with Gasteiger partial charge in [-0.2, -0.15) is 0 Å². The summed E-state index contributed by atoms with van der Waals surface area (Å²) >= 11 is 1.56. The smallest absolute Gasteiger partial charge is 0.258 e. The number of nitrogens with zero attached hydrogens (tertiary/aromatic N) is 3. The van der Waals surface area contributed by atoms with Crippen molar-refractivity contribution < 1.29 is 0 Å². The number of fused-ring (bicyclic) bond motifs is 2. The molecule has 29 heavy (non-hydrogen) atoms. The zero-order valence-electron chi connectivity index (χ0n) is 15.8. The van der Waals surface area contributed by atoms with Gasteiger partial charge in [-0.05, 0) is 48.9 Å². The minimum Gasteiger partial charge on any atom is -0.309 e. The molecule has 0 aliphatic rings. The molecule has 142 valence electrons. The Morgan fingerprint density at radius 3 is 2.59 bits per heavy atom. The van der Waals surface area contributed by atoms with E-state index in [1.165, 1.54) is 5.56 Å². The summed E-state index contributed by atoms with van der Waals surface area (Å²) < 4.78 is 2.16. The molecule has 0 unspecified atom stereocenters. The van der Waals surface area contributed by atoms with E-state index in [1.807, 2.05) is 36.4 Å². The molecular formula is C23H18N4OS. The summed E-state index contributed by atoms with van der Waals surface area (Å²) in [4.78, 5) is 24.7. The van der Waals surface area contributed by atoms with Crippen molar-refractivity contribution in [3.05, 3.63) is 94.5 Å². The van der Waals surface area contributed by atoms with Gasteiger partial charge in [0.15, 0.2) is 5.16 Å². The molecule has 0 fully saturated rings. The number of aromatic nitrogens is 4. The lowest BCUT2D eigenvalue weighted by Crippen LogP contribution is -2.11. The molecule has 0 radical (unpaired) electrons. The van der Waals surface area contributed by atoms with Crippen LogP contribution >= 0.6 is 11.8 Å². The topological polar surface area (TPSA) is 63.6 Å². The van der Waals surface area contributed by atoms with Crippen molar-refractivity contribution in [2.45, 2.75) is 17.8 Å². The van der Waals surface area contributed by atoms with Gasteiger partial charge in [0, 0.05) is 5.69 Å². The SMILES string of the molecule is Cc1cccc(-n2c(SCc3nc4ccccc4c(=O)[nH]3)nc3ccccc32)c1. The number of thioether (sulfide) groups is 1. The van der Waals surface area contributed by atoms with Gasteiger partial charge in [0.25, 0.3) is 5.56 Å². The molecule has 0 bridgehead atoms. The molecule has 2 aromatic heterocycles. The number of rotatable bonds is 4. The van der Waals surface area contributed by atoms with Crippen molar-refractivity contribution in [2.75, 3.05) is 0 Å². The van der Waals surface area contributed by atoms with Crippen LogP contribution in [0.5, 0.6) is 0 Å². The van der Waals surface area contributed by atoms with E-state index in [2.05, 4.69) is 51.8 Å². The molecule has 0 spiro atoms. The second-order valence-electron chi connectivity index (χ2n) is 6.88. The van der Waals surface area contributed by atoms with Crippen LogP contribution in [0.25, 0.3) is 27.6 Å². The predicted octanol–water partition coefficient (Wildman–Crippen LogP) is 4.86. The van der Waals surface area contributed by atoms with Gasteiger partial charge in [0.1, 0.15) is 5.82 Å². The standard InChI is InChI=1S/C23H18N4OS/c1-15-7-6-8-16(13-15)27-20-12-5-4-11-19(20)25-23(27)29-14-21-24-18-10-3-2-9-17(18)22(28)26-21/h2-13H,14H2,1H3,(H,24,26,28). The zero-order chi connectivity index (χ0) is 19.8. The van der Waals surface area contributed by atoms with Crippen molar-refractivity contribution in [2.24, 2.45) is 0 Å². The first kappa shape index (κ1) is 17.7. The van der Waals surface area contributed by atoms with Crippen LogP contribution in [0.15, 0.2) is 82.7 Å². The minimum absolute atomic E-state index is 0.113. The lowest BCUT2D eigenvalue weighted by molar-refractivity contribution is 0.914. The van der Waals surface area contributed by atoms with Crippen LogP contribution in [0.4, 0.5) is 0 Å². The molecule has 2 heterocycles. The zero-order valence-corrected chi connectivity index (χ0v) is 16.6. The fraction of sp³-hybridized carbons (Fsp3) is 0.0870. The van der Waals surface area contributed by atoms with Crippen LogP contribution in [0.3, 0.4) is 0 Å². The molecule has 0 saturated carbocycles. The maximum atomic E-state index is 12.4. The summed E-state index contributed by atoms with van der Waals surface area (Å²) in [6, 6.07) is 23.9. The summed E-state index contributed by atoms with van der Waals surface area (Å²) in [6.07, 6.45) is 0. The van der Waals surface area contributed by atoms with E-state index in [1.54, 1.807) is 17.8 Å². The lowest BCUT2D eigenvalue weighted by Gasteiger charge is -2.10. The molecule has 0 amide bonds. The predicted molar refractivity (Wildman–Crippen MR) is 118 cm³/mol. The maximum absolute atomic E-state index is 12.4. The number of nitrogens with one attached hydrogen (secondary N) is 1. The Morgan fingerprint density at radius 1 is 0.931 bits per heavy atom. The molecule has 0 saturated heterocycles. The van der Waals surface area contributed by atoms with Gasteiger partial charge < -0.3 is 4.98 Å². The van der Waals surface area contributed by atoms with Crippen LogP contribution in [0.1, 0.15) is 11.4 Å². The van der Waals surface area contributed by atoms with Crippen molar-refractivity contribution >= 4 is 33.7 Å². The summed E-state index contributed by atoms with van der Waals surface area (Å²) in [5, 5.41) is 1.47. The molecule has 0 atom stereocenters. The van der Waals surface area contributed by atoms with Crippen molar-refractivity contribution in [3.63, 3.8) is 0 Å².